The maximum atomic E-state index is 12.8. The Hall–Kier alpha value is -2.49. The van der Waals surface area contributed by atoms with Gasteiger partial charge >= 0.3 is 0 Å². The van der Waals surface area contributed by atoms with Gasteiger partial charge in [0.25, 0.3) is 0 Å². The number of hydrazine groups is 1. The van der Waals surface area contributed by atoms with Crippen LogP contribution < -0.4 is 15.6 Å². The van der Waals surface area contributed by atoms with E-state index in [0.717, 1.165) is 0 Å². The van der Waals surface area contributed by atoms with Gasteiger partial charge in [-0.25, -0.2) is 17.5 Å². The second-order valence-electron chi connectivity index (χ2n) is 5.50. The summed E-state index contributed by atoms with van der Waals surface area (Å²) < 4.78 is 39.2. The van der Waals surface area contributed by atoms with Crippen LogP contribution >= 0.6 is 11.6 Å². The lowest BCUT2D eigenvalue weighted by Gasteiger charge is -2.09. The van der Waals surface area contributed by atoms with E-state index in [1.807, 2.05) is 0 Å². The number of rotatable bonds is 7. The maximum absolute atomic E-state index is 12.8. The Kier molecular flexibility index (Phi) is 7.28. The van der Waals surface area contributed by atoms with Crippen LogP contribution in [-0.2, 0) is 26.0 Å². The summed E-state index contributed by atoms with van der Waals surface area (Å²) in [5, 5.41) is 0.277. The highest BCUT2D eigenvalue weighted by Gasteiger charge is 2.14. The van der Waals surface area contributed by atoms with Gasteiger partial charge in [0, 0.05) is 18.0 Å². The van der Waals surface area contributed by atoms with Crippen molar-refractivity contribution in [3.63, 3.8) is 0 Å². The quantitative estimate of drug-likeness (QED) is 0.599. The largest absolute Gasteiger partial charge is 0.273 e. The molecule has 27 heavy (non-hydrogen) atoms. The molecule has 0 radical (unpaired) electrons. The summed E-state index contributed by atoms with van der Waals surface area (Å²) >= 11 is 5.76. The normalized spacial score (nSPS) is 11.0. The molecule has 2 aromatic carbocycles. The van der Waals surface area contributed by atoms with Crippen LogP contribution in [0.1, 0.15) is 12.0 Å². The Morgan fingerprint density at radius 1 is 1.00 bits per heavy atom. The third-order valence-corrected chi connectivity index (χ3v) is 5.06. The predicted octanol–water partition coefficient (Wildman–Crippen LogP) is 1.54. The van der Waals surface area contributed by atoms with E-state index in [2.05, 4.69) is 15.6 Å². The SMILES string of the molecule is O=C(CCNS(=O)(=O)c1cccc(Cl)c1)NNC(=O)Cc1ccc(F)cc1. The Morgan fingerprint density at radius 3 is 2.33 bits per heavy atom. The summed E-state index contributed by atoms with van der Waals surface area (Å²) in [4.78, 5) is 23.4. The van der Waals surface area contributed by atoms with E-state index in [0.29, 0.717) is 5.56 Å². The monoisotopic (exact) mass is 413 g/mol. The van der Waals surface area contributed by atoms with Crippen LogP contribution in [0.15, 0.2) is 53.4 Å². The van der Waals surface area contributed by atoms with Gasteiger partial charge in [0.1, 0.15) is 5.82 Å². The molecule has 0 saturated carbocycles. The molecule has 0 aliphatic heterocycles. The first-order valence-electron chi connectivity index (χ1n) is 7.83. The number of carbonyl (C=O) groups excluding carboxylic acids is 2. The Labute approximate surface area is 160 Å². The van der Waals surface area contributed by atoms with Gasteiger partial charge in [-0.2, -0.15) is 0 Å². The number of halogens is 2. The summed E-state index contributed by atoms with van der Waals surface area (Å²) in [5.41, 5.74) is 4.97. The lowest BCUT2D eigenvalue weighted by molar-refractivity contribution is -0.128. The molecule has 0 aliphatic rings. The molecule has 0 unspecified atom stereocenters. The Bertz CT molecular complexity index is 920. The van der Waals surface area contributed by atoms with Crippen LogP contribution in [0.3, 0.4) is 0 Å². The molecule has 7 nitrogen and oxygen atoms in total. The Morgan fingerprint density at radius 2 is 1.67 bits per heavy atom. The van der Waals surface area contributed by atoms with E-state index in [-0.39, 0.29) is 29.3 Å². The van der Waals surface area contributed by atoms with E-state index < -0.39 is 27.7 Å². The van der Waals surface area contributed by atoms with Crippen LogP contribution in [0.4, 0.5) is 4.39 Å². The summed E-state index contributed by atoms with van der Waals surface area (Å²) in [6.07, 6.45) is -0.224. The van der Waals surface area contributed by atoms with Gasteiger partial charge in [-0.1, -0.05) is 29.8 Å². The first-order chi connectivity index (χ1) is 12.8. The number of hydrogen-bond donors (Lipinski definition) is 3. The average molecular weight is 414 g/mol. The fourth-order valence-electron chi connectivity index (χ4n) is 2.05. The highest BCUT2D eigenvalue weighted by molar-refractivity contribution is 7.89. The number of benzene rings is 2. The zero-order valence-electron chi connectivity index (χ0n) is 14.0. The van der Waals surface area contributed by atoms with Crippen LogP contribution in [0, 0.1) is 5.82 Å². The molecular formula is C17H17ClFN3O4S. The molecule has 10 heteroatoms. The fraction of sp³-hybridized carbons (Fsp3) is 0.176. The topological polar surface area (TPSA) is 104 Å². The fourth-order valence-corrected chi connectivity index (χ4v) is 3.38. The zero-order chi connectivity index (χ0) is 19.9. The molecule has 0 bridgehead atoms. The maximum Gasteiger partial charge on any atom is 0.242 e. The number of hydrogen-bond acceptors (Lipinski definition) is 4. The van der Waals surface area contributed by atoms with Crippen molar-refractivity contribution in [3.8, 4) is 0 Å². The van der Waals surface area contributed by atoms with Crippen molar-refractivity contribution in [1.82, 2.24) is 15.6 Å². The van der Waals surface area contributed by atoms with Gasteiger partial charge in [0.2, 0.25) is 21.8 Å². The van der Waals surface area contributed by atoms with Gasteiger partial charge in [-0.3, -0.25) is 20.4 Å². The molecule has 2 rings (SSSR count). The minimum atomic E-state index is -3.79. The summed E-state index contributed by atoms with van der Waals surface area (Å²) in [6.45, 7) is -0.158. The summed E-state index contributed by atoms with van der Waals surface area (Å²) in [5.74, 6) is -1.47. The number of nitrogens with one attached hydrogen (secondary N) is 3. The third kappa shape index (κ3) is 6.97. The minimum absolute atomic E-state index is 0.0111. The molecule has 0 aliphatic carbocycles. The molecule has 0 saturated heterocycles. The zero-order valence-corrected chi connectivity index (χ0v) is 15.6. The lowest BCUT2D eigenvalue weighted by atomic mass is 10.1. The first-order valence-corrected chi connectivity index (χ1v) is 9.70. The molecule has 144 valence electrons. The molecule has 2 amide bonds. The smallest absolute Gasteiger partial charge is 0.242 e. The second kappa shape index (κ2) is 9.45. The van der Waals surface area contributed by atoms with Gasteiger partial charge in [-0.05, 0) is 35.9 Å². The highest BCUT2D eigenvalue weighted by atomic mass is 35.5. The van der Waals surface area contributed by atoms with Crippen LogP contribution in [0.2, 0.25) is 5.02 Å². The number of carbonyl (C=O) groups is 2. The summed E-state index contributed by atoms with van der Waals surface area (Å²) in [6, 6.07) is 11.1. The van der Waals surface area contributed by atoms with Crippen molar-refractivity contribution in [2.75, 3.05) is 6.54 Å². The van der Waals surface area contributed by atoms with E-state index in [9.17, 15) is 22.4 Å². The molecule has 0 fully saturated rings. The number of amides is 2. The van der Waals surface area contributed by atoms with Crippen molar-refractivity contribution in [1.29, 1.82) is 0 Å². The number of sulfonamides is 1. The molecule has 0 aromatic heterocycles. The molecule has 0 spiro atoms. The average Bonchev–Trinajstić information content (AvgIpc) is 2.62. The molecule has 0 atom stereocenters. The Balaban J connectivity index is 1.73. The molecular weight excluding hydrogens is 397 g/mol. The predicted molar refractivity (Wildman–Crippen MR) is 97.6 cm³/mol. The van der Waals surface area contributed by atoms with Crippen LogP contribution in [0.5, 0.6) is 0 Å². The van der Waals surface area contributed by atoms with Crippen molar-refractivity contribution in [2.24, 2.45) is 0 Å². The van der Waals surface area contributed by atoms with Crippen molar-refractivity contribution in [2.45, 2.75) is 17.7 Å². The van der Waals surface area contributed by atoms with Crippen LogP contribution in [-0.4, -0.2) is 26.8 Å². The second-order valence-corrected chi connectivity index (χ2v) is 7.71. The minimum Gasteiger partial charge on any atom is -0.273 e. The molecule has 3 N–H and O–H groups in total. The van der Waals surface area contributed by atoms with Crippen molar-refractivity contribution >= 4 is 33.4 Å². The van der Waals surface area contributed by atoms with E-state index >= 15 is 0 Å². The lowest BCUT2D eigenvalue weighted by Crippen LogP contribution is -2.43. The standard InChI is InChI=1S/C17H17ClFN3O4S/c18-13-2-1-3-15(11-13)27(25,26)20-9-8-16(23)21-22-17(24)10-12-4-6-14(19)7-5-12/h1-7,11,20H,8-10H2,(H,21,23)(H,22,24). The van der Waals surface area contributed by atoms with E-state index in [4.69, 9.17) is 11.6 Å². The van der Waals surface area contributed by atoms with E-state index in [1.54, 1.807) is 6.07 Å². The van der Waals surface area contributed by atoms with Crippen LogP contribution in [0.25, 0.3) is 0 Å². The van der Waals surface area contributed by atoms with Gasteiger partial charge in [0.05, 0.1) is 11.3 Å². The van der Waals surface area contributed by atoms with Gasteiger partial charge in [-0.15, -0.1) is 0 Å². The third-order valence-electron chi connectivity index (χ3n) is 3.37. The first kappa shape index (κ1) is 20.8. The van der Waals surface area contributed by atoms with E-state index in [1.165, 1.54) is 42.5 Å². The summed E-state index contributed by atoms with van der Waals surface area (Å²) in [7, 11) is -3.79. The van der Waals surface area contributed by atoms with Crippen molar-refractivity contribution in [3.05, 3.63) is 64.9 Å². The van der Waals surface area contributed by atoms with Crippen molar-refractivity contribution < 1.29 is 22.4 Å². The highest BCUT2D eigenvalue weighted by Crippen LogP contribution is 2.15. The van der Waals surface area contributed by atoms with Gasteiger partial charge in [0.15, 0.2) is 0 Å². The molecule has 0 heterocycles. The van der Waals surface area contributed by atoms with Gasteiger partial charge < -0.3 is 0 Å². The molecule has 2 aromatic rings.